The van der Waals surface area contributed by atoms with Gasteiger partial charge in [-0.2, -0.15) is 0 Å². The van der Waals surface area contributed by atoms with Crippen LogP contribution in [0, 0.1) is 5.92 Å². The van der Waals surface area contributed by atoms with Gasteiger partial charge >= 0.3 is 0 Å². The summed E-state index contributed by atoms with van der Waals surface area (Å²) in [6, 6.07) is 5.83. The van der Waals surface area contributed by atoms with Crippen LogP contribution in [0.3, 0.4) is 0 Å². The zero-order valence-corrected chi connectivity index (χ0v) is 10.6. The van der Waals surface area contributed by atoms with Gasteiger partial charge in [-0.25, -0.2) is 0 Å². The highest BCUT2D eigenvalue weighted by Gasteiger charge is 2.14. The third kappa shape index (κ3) is 3.37. The fourth-order valence-corrected chi connectivity index (χ4v) is 1.94. The lowest BCUT2D eigenvalue weighted by Gasteiger charge is -2.20. The maximum atomic E-state index is 5.98. The summed E-state index contributed by atoms with van der Waals surface area (Å²) in [6.45, 7) is 5.13. The maximum absolute atomic E-state index is 5.98. The highest BCUT2D eigenvalue weighted by atomic mass is 35.5. The van der Waals surface area contributed by atoms with E-state index in [-0.39, 0.29) is 0 Å². The van der Waals surface area contributed by atoms with Crippen molar-refractivity contribution >= 4 is 23.2 Å². The Morgan fingerprint density at radius 2 is 1.87 bits per heavy atom. The van der Waals surface area contributed by atoms with Gasteiger partial charge < -0.3 is 5.73 Å². The molecule has 0 saturated carbocycles. The van der Waals surface area contributed by atoms with E-state index >= 15 is 0 Å². The molecule has 15 heavy (non-hydrogen) atoms. The quantitative estimate of drug-likeness (QED) is 0.850. The molecule has 2 N–H and O–H groups in total. The molecule has 1 rings (SSSR count). The molecule has 0 fully saturated rings. The molecule has 2 unspecified atom stereocenters. The minimum atomic E-state index is 0.461. The zero-order valence-electron chi connectivity index (χ0n) is 9.13. The van der Waals surface area contributed by atoms with E-state index in [4.69, 9.17) is 28.9 Å². The lowest BCUT2D eigenvalue weighted by molar-refractivity contribution is 0.459. The van der Waals surface area contributed by atoms with Gasteiger partial charge in [-0.1, -0.05) is 43.1 Å². The Hall–Kier alpha value is -0.240. The van der Waals surface area contributed by atoms with E-state index < -0.39 is 0 Å². The van der Waals surface area contributed by atoms with Crippen molar-refractivity contribution in [1.82, 2.24) is 0 Å². The largest absolute Gasteiger partial charge is 0.330 e. The van der Waals surface area contributed by atoms with Crippen LogP contribution < -0.4 is 5.73 Å². The van der Waals surface area contributed by atoms with E-state index in [1.165, 1.54) is 5.56 Å². The second-order valence-corrected chi connectivity index (χ2v) is 4.83. The van der Waals surface area contributed by atoms with Crippen LogP contribution >= 0.6 is 23.2 Å². The Kier molecular flexibility index (Phi) is 4.91. The molecule has 1 aromatic rings. The molecule has 1 nitrogen and oxygen atoms in total. The molecule has 0 aliphatic rings. The van der Waals surface area contributed by atoms with Gasteiger partial charge in [0.1, 0.15) is 0 Å². The average molecular weight is 246 g/mol. The van der Waals surface area contributed by atoms with Crippen LogP contribution in [0.2, 0.25) is 10.0 Å². The molecule has 2 atom stereocenters. The Labute approximate surface area is 102 Å². The molecule has 0 aliphatic heterocycles. The number of hydrogen-bond donors (Lipinski definition) is 1. The van der Waals surface area contributed by atoms with Gasteiger partial charge in [0.2, 0.25) is 0 Å². The molecule has 0 aliphatic carbocycles. The summed E-state index contributed by atoms with van der Waals surface area (Å²) in [5.41, 5.74) is 6.78. The van der Waals surface area contributed by atoms with E-state index in [2.05, 4.69) is 13.8 Å². The van der Waals surface area contributed by atoms with Crippen molar-refractivity contribution < 1.29 is 0 Å². The molecule has 0 aromatic heterocycles. The molecule has 0 heterocycles. The number of rotatable bonds is 4. The topological polar surface area (TPSA) is 26.0 Å². The SMILES string of the molecule is CC(CCN)C(C)c1ccc(Cl)c(Cl)c1. The van der Waals surface area contributed by atoms with Gasteiger partial charge in [0.25, 0.3) is 0 Å². The highest BCUT2D eigenvalue weighted by Crippen LogP contribution is 2.30. The standard InChI is InChI=1S/C12H17Cl2N/c1-8(5-6-15)9(2)10-3-4-11(13)12(14)7-10/h3-4,7-9H,5-6,15H2,1-2H3. The smallest absolute Gasteiger partial charge is 0.0595 e. The molecule has 84 valence electrons. The number of hydrogen-bond acceptors (Lipinski definition) is 1. The van der Waals surface area contributed by atoms with E-state index in [0.717, 1.165) is 13.0 Å². The van der Waals surface area contributed by atoms with Crippen molar-refractivity contribution in [3.8, 4) is 0 Å². The van der Waals surface area contributed by atoms with Gasteiger partial charge in [-0.3, -0.25) is 0 Å². The Balaban J connectivity index is 2.81. The van der Waals surface area contributed by atoms with Crippen molar-refractivity contribution in [2.75, 3.05) is 6.54 Å². The lowest BCUT2D eigenvalue weighted by Crippen LogP contribution is -2.12. The number of halogens is 2. The van der Waals surface area contributed by atoms with Gasteiger partial charge in [0.15, 0.2) is 0 Å². The van der Waals surface area contributed by atoms with Crippen LogP contribution in [-0.4, -0.2) is 6.54 Å². The van der Waals surface area contributed by atoms with Crippen molar-refractivity contribution in [1.29, 1.82) is 0 Å². The Morgan fingerprint density at radius 1 is 1.20 bits per heavy atom. The fraction of sp³-hybridized carbons (Fsp3) is 0.500. The van der Waals surface area contributed by atoms with Crippen LogP contribution in [0.5, 0.6) is 0 Å². The summed E-state index contributed by atoms with van der Waals surface area (Å²) >= 11 is 11.9. The van der Waals surface area contributed by atoms with Crippen molar-refractivity contribution in [3.05, 3.63) is 33.8 Å². The third-order valence-electron chi connectivity index (χ3n) is 2.95. The van der Waals surface area contributed by atoms with Gasteiger partial charge in [-0.15, -0.1) is 0 Å². The minimum absolute atomic E-state index is 0.461. The summed E-state index contributed by atoms with van der Waals surface area (Å²) in [7, 11) is 0. The monoisotopic (exact) mass is 245 g/mol. The van der Waals surface area contributed by atoms with Gasteiger partial charge in [0, 0.05) is 0 Å². The minimum Gasteiger partial charge on any atom is -0.330 e. The first-order valence-corrected chi connectivity index (χ1v) is 5.97. The molecular formula is C12H17Cl2N. The van der Waals surface area contributed by atoms with E-state index in [9.17, 15) is 0 Å². The molecule has 1 aromatic carbocycles. The Bertz CT molecular complexity index is 325. The fourth-order valence-electron chi connectivity index (χ4n) is 1.64. The first kappa shape index (κ1) is 12.8. The van der Waals surface area contributed by atoms with E-state index in [1.807, 2.05) is 18.2 Å². The summed E-state index contributed by atoms with van der Waals surface area (Å²) in [6.07, 6.45) is 1.03. The summed E-state index contributed by atoms with van der Waals surface area (Å²) in [5.74, 6) is 1.02. The molecule has 0 radical (unpaired) electrons. The van der Waals surface area contributed by atoms with Gasteiger partial charge in [-0.05, 0) is 42.5 Å². The molecule has 3 heteroatoms. The second-order valence-electron chi connectivity index (χ2n) is 4.02. The van der Waals surface area contributed by atoms with Crippen LogP contribution in [0.15, 0.2) is 18.2 Å². The molecule has 0 amide bonds. The average Bonchev–Trinajstić information content (AvgIpc) is 2.21. The van der Waals surface area contributed by atoms with Crippen LogP contribution in [0.1, 0.15) is 31.7 Å². The number of benzene rings is 1. The second kappa shape index (κ2) is 5.74. The summed E-state index contributed by atoms with van der Waals surface area (Å²) in [5, 5.41) is 1.24. The highest BCUT2D eigenvalue weighted by molar-refractivity contribution is 6.42. The molecule has 0 saturated heterocycles. The lowest BCUT2D eigenvalue weighted by atomic mass is 9.87. The van der Waals surface area contributed by atoms with Crippen LogP contribution in [0.25, 0.3) is 0 Å². The van der Waals surface area contributed by atoms with Crippen molar-refractivity contribution in [2.45, 2.75) is 26.2 Å². The Morgan fingerprint density at radius 3 is 2.40 bits per heavy atom. The maximum Gasteiger partial charge on any atom is 0.0595 e. The third-order valence-corrected chi connectivity index (χ3v) is 3.68. The zero-order chi connectivity index (χ0) is 11.4. The van der Waals surface area contributed by atoms with Crippen molar-refractivity contribution in [3.63, 3.8) is 0 Å². The molecule has 0 bridgehead atoms. The van der Waals surface area contributed by atoms with Crippen LogP contribution in [0.4, 0.5) is 0 Å². The molecular weight excluding hydrogens is 229 g/mol. The van der Waals surface area contributed by atoms with Gasteiger partial charge in [0.05, 0.1) is 10.0 Å². The molecule has 0 spiro atoms. The number of nitrogens with two attached hydrogens (primary N) is 1. The van der Waals surface area contributed by atoms with Crippen molar-refractivity contribution in [2.24, 2.45) is 11.7 Å². The predicted molar refractivity (Wildman–Crippen MR) is 67.7 cm³/mol. The van der Waals surface area contributed by atoms with E-state index in [1.54, 1.807) is 0 Å². The van der Waals surface area contributed by atoms with E-state index in [0.29, 0.717) is 21.9 Å². The first-order chi connectivity index (χ1) is 7.06. The predicted octanol–water partition coefficient (Wildman–Crippen LogP) is 4.08. The normalized spacial score (nSPS) is 15.0. The summed E-state index contributed by atoms with van der Waals surface area (Å²) in [4.78, 5) is 0. The summed E-state index contributed by atoms with van der Waals surface area (Å²) < 4.78 is 0. The first-order valence-electron chi connectivity index (χ1n) is 5.21. The van der Waals surface area contributed by atoms with Crippen LogP contribution in [-0.2, 0) is 0 Å².